The normalized spacial score (nSPS) is 12.7. The van der Waals surface area contributed by atoms with Gasteiger partial charge in [-0.05, 0) is 30.3 Å². The van der Waals surface area contributed by atoms with Gasteiger partial charge in [0, 0.05) is 5.02 Å². The second kappa shape index (κ2) is 5.00. The summed E-state index contributed by atoms with van der Waals surface area (Å²) in [6.45, 7) is 10.8. The smallest absolute Gasteiger partial charge is 0.250 e. The lowest BCUT2D eigenvalue weighted by atomic mass is 10.2. The van der Waals surface area contributed by atoms with Crippen LogP contribution in [0.4, 0.5) is 0 Å². The van der Waals surface area contributed by atoms with Crippen molar-refractivity contribution in [3.8, 4) is 5.75 Å². The molecule has 1 aromatic rings. The average Bonchev–Trinajstić information content (AvgIpc) is 2.09. The third kappa shape index (κ3) is 3.54. The van der Waals surface area contributed by atoms with Gasteiger partial charge in [0.2, 0.25) is 0 Å². The number of hydrogen-bond donors (Lipinski definition) is 0. The molecule has 0 radical (unpaired) electrons. The Morgan fingerprint density at radius 2 is 1.41 bits per heavy atom. The van der Waals surface area contributed by atoms with Gasteiger partial charge in [0.1, 0.15) is 5.75 Å². The molecule has 0 amide bonds. The highest BCUT2D eigenvalue weighted by atomic mass is 35.5. The zero-order valence-electron chi connectivity index (χ0n) is 10.7. The maximum atomic E-state index is 6.12. The molecule has 0 unspecified atom stereocenters. The van der Waals surface area contributed by atoms with Crippen LogP contribution < -0.4 is 4.43 Å². The second-order valence-electron chi connectivity index (χ2n) is 5.56. The fourth-order valence-electron chi connectivity index (χ4n) is 1.03. The first kappa shape index (κ1) is 15.2. The van der Waals surface area contributed by atoms with Crippen molar-refractivity contribution < 1.29 is 4.43 Å². The van der Waals surface area contributed by atoms with E-state index < -0.39 is 8.32 Å². The maximum absolute atomic E-state index is 6.12. The molecule has 0 saturated carbocycles. The minimum Gasteiger partial charge on any atom is -0.542 e. The van der Waals surface area contributed by atoms with E-state index in [0.717, 1.165) is 0 Å². The van der Waals surface area contributed by atoms with Crippen LogP contribution in [0.25, 0.3) is 0 Å². The van der Waals surface area contributed by atoms with Gasteiger partial charge in [-0.15, -0.1) is 0 Å². The topological polar surface area (TPSA) is 9.23 Å². The number of hydrogen-bond acceptors (Lipinski definition) is 1. The summed E-state index contributed by atoms with van der Waals surface area (Å²) in [5, 5.41) is 1.54. The van der Waals surface area contributed by atoms with Gasteiger partial charge < -0.3 is 4.43 Å². The van der Waals surface area contributed by atoms with Crippen LogP contribution in [0.1, 0.15) is 20.8 Å². The molecule has 0 bridgehead atoms. The van der Waals surface area contributed by atoms with E-state index in [0.29, 0.717) is 20.8 Å². The molecule has 96 valence electrons. The lowest BCUT2D eigenvalue weighted by Crippen LogP contribution is -2.44. The summed E-state index contributed by atoms with van der Waals surface area (Å²) < 4.78 is 6.10. The van der Waals surface area contributed by atoms with Crippen LogP contribution in [-0.4, -0.2) is 8.32 Å². The van der Waals surface area contributed by atoms with E-state index in [9.17, 15) is 0 Å². The molecule has 17 heavy (non-hydrogen) atoms. The molecule has 0 spiro atoms. The van der Waals surface area contributed by atoms with Gasteiger partial charge in [-0.2, -0.15) is 0 Å². The van der Waals surface area contributed by atoms with Gasteiger partial charge >= 0.3 is 0 Å². The summed E-state index contributed by atoms with van der Waals surface area (Å²) in [7, 11) is -1.94. The highest BCUT2D eigenvalue weighted by molar-refractivity contribution is 6.75. The van der Waals surface area contributed by atoms with E-state index in [-0.39, 0.29) is 5.04 Å². The predicted octanol–water partition coefficient (Wildman–Crippen LogP) is 6.03. The Kier molecular flexibility index (Phi) is 4.46. The highest BCUT2D eigenvalue weighted by Crippen LogP contribution is 2.42. The first-order valence-corrected chi connectivity index (χ1v) is 9.42. The number of benzene rings is 1. The summed E-state index contributed by atoms with van der Waals surface area (Å²) in [5.74, 6) is 0.546. The quantitative estimate of drug-likeness (QED) is 0.606. The van der Waals surface area contributed by atoms with Gasteiger partial charge in [-0.3, -0.25) is 0 Å². The van der Waals surface area contributed by atoms with E-state index in [1.807, 2.05) is 0 Å². The van der Waals surface area contributed by atoms with E-state index in [1.54, 1.807) is 12.1 Å². The maximum Gasteiger partial charge on any atom is 0.250 e. The molecule has 0 aromatic heterocycles. The van der Waals surface area contributed by atoms with Crippen molar-refractivity contribution in [1.82, 2.24) is 0 Å². The van der Waals surface area contributed by atoms with Crippen molar-refractivity contribution in [1.29, 1.82) is 0 Å². The molecule has 0 atom stereocenters. The van der Waals surface area contributed by atoms with Crippen LogP contribution in [-0.2, 0) is 0 Å². The molecule has 0 N–H and O–H groups in total. The van der Waals surface area contributed by atoms with Crippen molar-refractivity contribution >= 4 is 43.1 Å². The molecular formula is C12H17Cl3OSi. The average molecular weight is 312 g/mol. The lowest BCUT2D eigenvalue weighted by molar-refractivity contribution is 0.492. The zero-order valence-corrected chi connectivity index (χ0v) is 14.0. The monoisotopic (exact) mass is 310 g/mol. The molecule has 1 nitrogen and oxygen atoms in total. The van der Waals surface area contributed by atoms with Crippen LogP contribution in [0.5, 0.6) is 5.75 Å². The summed E-state index contributed by atoms with van der Waals surface area (Å²) in [5.41, 5.74) is 0. The molecule has 0 aliphatic rings. The fraction of sp³-hybridized carbons (Fsp3) is 0.500. The second-order valence-corrected chi connectivity index (χ2v) is 11.5. The highest BCUT2D eigenvalue weighted by Gasteiger charge is 2.39. The standard InChI is InChI=1S/C12H17Cl3OSi/c1-12(2,3)17(4,5)16-11-9(14)6-8(13)7-10(11)15/h6-7H,1-5H3. The van der Waals surface area contributed by atoms with Crippen molar-refractivity contribution in [3.05, 3.63) is 27.2 Å². The van der Waals surface area contributed by atoms with Crippen LogP contribution in [0, 0.1) is 0 Å². The van der Waals surface area contributed by atoms with Crippen molar-refractivity contribution in [2.45, 2.75) is 38.9 Å². The lowest BCUT2D eigenvalue weighted by Gasteiger charge is -2.37. The third-order valence-corrected chi connectivity index (χ3v) is 8.23. The van der Waals surface area contributed by atoms with Gasteiger partial charge in [-0.25, -0.2) is 0 Å². The van der Waals surface area contributed by atoms with Crippen LogP contribution in [0.2, 0.25) is 33.2 Å². The van der Waals surface area contributed by atoms with E-state index in [2.05, 4.69) is 33.9 Å². The summed E-state index contributed by atoms with van der Waals surface area (Å²) in [4.78, 5) is 0. The van der Waals surface area contributed by atoms with Gasteiger partial charge in [0.25, 0.3) is 8.32 Å². The molecule has 1 aromatic carbocycles. The minimum atomic E-state index is -1.94. The zero-order chi connectivity index (χ0) is 13.4. The fourth-order valence-corrected chi connectivity index (χ4v) is 3.09. The molecular weight excluding hydrogens is 295 g/mol. The largest absolute Gasteiger partial charge is 0.542 e. The van der Waals surface area contributed by atoms with Gasteiger partial charge in [0.05, 0.1) is 10.0 Å². The van der Waals surface area contributed by atoms with Crippen molar-refractivity contribution in [2.75, 3.05) is 0 Å². The molecule has 0 saturated heterocycles. The molecule has 0 aliphatic carbocycles. The van der Waals surface area contributed by atoms with Crippen LogP contribution in [0.3, 0.4) is 0 Å². The van der Waals surface area contributed by atoms with Crippen LogP contribution in [0.15, 0.2) is 12.1 Å². The predicted molar refractivity (Wildman–Crippen MR) is 79.3 cm³/mol. The Balaban J connectivity index is 3.13. The van der Waals surface area contributed by atoms with E-state index in [4.69, 9.17) is 39.2 Å². The van der Waals surface area contributed by atoms with E-state index >= 15 is 0 Å². The SMILES string of the molecule is CC(C)(C)[Si](C)(C)Oc1c(Cl)cc(Cl)cc1Cl. The Hall–Kier alpha value is 0.107. The number of rotatable bonds is 2. The Labute approximate surface area is 119 Å². The summed E-state index contributed by atoms with van der Waals surface area (Å²) in [6.07, 6.45) is 0. The summed E-state index contributed by atoms with van der Waals surface area (Å²) in [6, 6.07) is 3.30. The third-order valence-electron chi connectivity index (χ3n) is 3.13. The number of halogens is 3. The molecule has 0 fully saturated rings. The Morgan fingerprint density at radius 3 is 1.76 bits per heavy atom. The molecule has 0 aliphatic heterocycles. The van der Waals surface area contributed by atoms with Crippen LogP contribution >= 0.6 is 34.8 Å². The van der Waals surface area contributed by atoms with Crippen molar-refractivity contribution in [3.63, 3.8) is 0 Å². The minimum absolute atomic E-state index is 0.0965. The van der Waals surface area contributed by atoms with Gasteiger partial charge in [-0.1, -0.05) is 55.6 Å². The molecule has 1 rings (SSSR count). The first-order chi connectivity index (χ1) is 7.54. The van der Waals surface area contributed by atoms with Gasteiger partial charge in [0.15, 0.2) is 0 Å². The molecule has 0 heterocycles. The Morgan fingerprint density at radius 1 is 1.00 bits per heavy atom. The molecule has 5 heteroatoms. The first-order valence-electron chi connectivity index (χ1n) is 5.38. The van der Waals surface area contributed by atoms with Crippen molar-refractivity contribution in [2.24, 2.45) is 0 Å². The van der Waals surface area contributed by atoms with E-state index in [1.165, 1.54) is 0 Å². The summed E-state index contributed by atoms with van der Waals surface area (Å²) >= 11 is 18.1. The Bertz CT molecular complexity index is 401.